The van der Waals surface area contributed by atoms with Gasteiger partial charge in [0.05, 0.1) is 11.9 Å². The van der Waals surface area contributed by atoms with E-state index in [0.29, 0.717) is 11.3 Å². The normalized spacial score (nSPS) is 10.5. The first-order valence-corrected chi connectivity index (χ1v) is 6.50. The Balaban J connectivity index is 2.08. The smallest absolute Gasteiger partial charge is 0.261 e. The summed E-state index contributed by atoms with van der Waals surface area (Å²) in [7, 11) is 0. The SMILES string of the molecule is Cc1c(C(=O)Nc2cccnc2)c(=O)[nH]c2ccccc12. The molecule has 0 aliphatic heterocycles. The van der Waals surface area contributed by atoms with E-state index in [1.165, 1.54) is 6.20 Å². The summed E-state index contributed by atoms with van der Waals surface area (Å²) in [6.45, 7) is 1.77. The Bertz CT molecular complexity index is 870. The predicted molar refractivity (Wildman–Crippen MR) is 81.5 cm³/mol. The average Bonchev–Trinajstić information content (AvgIpc) is 2.48. The highest BCUT2D eigenvalue weighted by atomic mass is 16.2. The highest BCUT2D eigenvalue weighted by Crippen LogP contribution is 2.17. The van der Waals surface area contributed by atoms with Crippen LogP contribution in [0.1, 0.15) is 15.9 Å². The van der Waals surface area contributed by atoms with Crippen molar-refractivity contribution >= 4 is 22.5 Å². The lowest BCUT2D eigenvalue weighted by Crippen LogP contribution is -2.25. The number of hydrogen-bond donors (Lipinski definition) is 2. The molecule has 2 heterocycles. The molecule has 0 saturated carbocycles. The van der Waals surface area contributed by atoms with E-state index in [-0.39, 0.29) is 5.56 Å². The molecular formula is C16H13N3O2. The minimum Gasteiger partial charge on any atom is -0.321 e. The van der Waals surface area contributed by atoms with E-state index in [9.17, 15) is 9.59 Å². The van der Waals surface area contributed by atoms with Gasteiger partial charge in [0.25, 0.3) is 11.5 Å². The van der Waals surface area contributed by atoms with Crippen LogP contribution in [0.4, 0.5) is 5.69 Å². The van der Waals surface area contributed by atoms with Gasteiger partial charge in [0, 0.05) is 17.1 Å². The number of H-pyrrole nitrogens is 1. The van der Waals surface area contributed by atoms with Crippen molar-refractivity contribution in [2.45, 2.75) is 6.92 Å². The summed E-state index contributed by atoms with van der Waals surface area (Å²) in [6.07, 6.45) is 3.15. The summed E-state index contributed by atoms with van der Waals surface area (Å²) >= 11 is 0. The van der Waals surface area contributed by atoms with Gasteiger partial charge in [-0.25, -0.2) is 0 Å². The molecule has 1 aromatic carbocycles. The van der Waals surface area contributed by atoms with Crippen molar-refractivity contribution in [3.05, 3.63) is 70.3 Å². The third-order valence-electron chi connectivity index (χ3n) is 3.33. The first-order chi connectivity index (χ1) is 10.2. The molecule has 0 fully saturated rings. The van der Waals surface area contributed by atoms with Crippen LogP contribution >= 0.6 is 0 Å². The van der Waals surface area contributed by atoms with Crippen LogP contribution in [0.25, 0.3) is 10.9 Å². The molecule has 0 radical (unpaired) electrons. The van der Waals surface area contributed by atoms with Gasteiger partial charge in [-0.2, -0.15) is 0 Å². The molecule has 21 heavy (non-hydrogen) atoms. The number of fused-ring (bicyclic) bond motifs is 1. The van der Waals surface area contributed by atoms with Crippen molar-refractivity contribution in [2.24, 2.45) is 0 Å². The summed E-state index contributed by atoms with van der Waals surface area (Å²) in [5.74, 6) is -0.437. The average molecular weight is 279 g/mol. The maximum Gasteiger partial charge on any atom is 0.261 e. The molecule has 5 nitrogen and oxygen atoms in total. The second-order valence-electron chi connectivity index (χ2n) is 4.70. The summed E-state index contributed by atoms with van der Waals surface area (Å²) in [5, 5.41) is 3.54. The van der Waals surface area contributed by atoms with Crippen molar-refractivity contribution < 1.29 is 4.79 Å². The van der Waals surface area contributed by atoms with Gasteiger partial charge in [-0.15, -0.1) is 0 Å². The van der Waals surface area contributed by atoms with Crippen LogP contribution in [0.3, 0.4) is 0 Å². The third kappa shape index (κ3) is 2.41. The molecule has 5 heteroatoms. The van der Waals surface area contributed by atoms with Crippen molar-refractivity contribution in [3.63, 3.8) is 0 Å². The summed E-state index contributed by atoms with van der Waals surface area (Å²) < 4.78 is 0. The van der Waals surface area contributed by atoms with Gasteiger partial charge in [0.1, 0.15) is 5.56 Å². The van der Waals surface area contributed by atoms with Gasteiger partial charge >= 0.3 is 0 Å². The zero-order valence-electron chi connectivity index (χ0n) is 11.4. The first kappa shape index (κ1) is 13.1. The molecule has 2 N–H and O–H groups in total. The van der Waals surface area contributed by atoms with E-state index in [2.05, 4.69) is 15.3 Å². The highest BCUT2D eigenvalue weighted by molar-refractivity contribution is 6.07. The quantitative estimate of drug-likeness (QED) is 0.756. The van der Waals surface area contributed by atoms with Crippen LogP contribution in [-0.2, 0) is 0 Å². The zero-order valence-corrected chi connectivity index (χ0v) is 11.4. The number of aromatic amines is 1. The van der Waals surface area contributed by atoms with Gasteiger partial charge in [-0.3, -0.25) is 14.6 Å². The van der Waals surface area contributed by atoms with Gasteiger partial charge in [0.15, 0.2) is 0 Å². The molecule has 3 aromatic rings. The van der Waals surface area contributed by atoms with Crippen molar-refractivity contribution in [1.29, 1.82) is 0 Å². The molecule has 3 rings (SSSR count). The molecule has 0 unspecified atom stereocenters. The largest absolute Gasteiger partial charge is 0.321 e. The molecule has 0 aliphatic carbocycles. The molecular weight excluding hydrogens is 266 g/mol. The van der Waals surface area contributed by atoms with E-state index < -0.39 is 11.5 Å². The van der Waals surface area contributed by atoms with Gasteiger partial charge in [0.2, 0.25) is 0 Å². The summed E-state index contributed by atoms with van der Waals surface area (Å²) in [5.41, 5.74) is 1.66. The minimum absolute atomic E-state index is 0.123. The maximum absolute atomic E-state index is 12.3. The number of carbonyl (C=O) groups is 1. The van der Waals surface area contributed by atoms with E-state index in [0.717, 1.165) is 10.9 Å². The molecule has 2 aromatic heterocycles. The van der Waals surface area contributed by atoms with E-state index in [4.69, 9.17) is 0 Å². The number of para-hydroxylation sites is 1. The third-order valence-corrected chi connectivity index (χ3v) is 3.33. The Morgan fingerprint density at radius 1 is 1.19 bits per heavy atom. The Morgan fingerprint density at radius 2 is 2.00 bits per heavy atom. The van der Waals surface area contributed by atoms with Gasteiger partial charge in [-0.1, -0.05) is 18.2 Å². The molecule has 0 saturated heterocycles. The number of amides is 1. The molecule has 0 aliphatic rings. The second kappa shape index (κ2) is 5.20. The Kier molecular flexibility index (Phi) is 3.23. The number of nitrogens with one attached hydrogen (secondary N) is 2. The number of benzene rings is 1. The number of aromatic nitrogens is 2. The van der Waals surface area contributed by atoms with Crippen LogP contribution < -0.4 is 10.9 Å². The Labute approximate surface area is 120 Å². The fourth-order valence-corrected chi connectivity index (χ4v) is 2.31. The number of aryl methyl sites for hydroxylation is 1. The van der Waals surface area contributed by atoms with E-state index in [1.54, 1.807) is 25.3 Å². The number of rotatable bonds is 2. The van der Waals surface area contributed by atoms with Gasteiger partial charge in [-0.05, 0) is 30.7 Å². The zero-order chi connectivity index (χ0) is 14.8. The monoisotopic (exact) mass is 279 g/mol. The minimum atomic E-state index is -0.437. The number of carbonyl (C=O) groups excluding carboxylic acids is 1. The Morgan fingerprint density at radius 3 is 2.76 bits per heavy atom. The number of pyridine rings is 2. The molecule has 104 valence electrons. The lowest BCUT2D eigenvalue weighted by Gasteiger charge is -2.09. The van der Waals surface area contributed by atoms with Crippen LogP contribution in [0, 0.1) is 6.92 Å². The van der Waals surface area contributed by atoms with E-state index >= 15 is 0 Å². The van der Waals surface area contributed by atoms with Crippen LogP contribution in [0.5, 0.6) is 0 Å². The van der Waals surface area contributed by atoms with Crippen LogP contribution in [0.15, 0.2) is 53.6 Å². The molecule has 1 amide bonds. The molecule has 0 atom stereocenters. The topological polar surface area (TPSA) is 74.8 Å². The maximum atomic E-state index is 12.3. The highest BCUT2D eigenvalue weighted by Gasteiger charge is 2.16. The standard InChI is InChI=1S/C16H13N3O2/c1-10-12-6-2-3-7-13(12)19-16(21)14(10)15(20)18-11-5-4-8-17-9-11/h2-9H,1H3,(H,18,20)(H,19,21). The summed E-state index contributed by atoms with van der Waals surface area (Å²) in [6, 6.07) is 10.8. The lowest BCUT2D eigenvalue weighted by molar-refractivity contribution is 0.102. The van der Waals surface area contributed by atoms with Crippen LogP contribution in [0.2, 0.25) is 0 Å². The molecule has 0 spiro atoms. The number of anilines is 1. The fraction of sp³-hybridized carbons (Fsp3) is 0.0625. The number of hydrogen-bond acceptors (Lipinski definition) is 3. The van der Waals surface area contributed by atoms with Gasteiger partial charge < -0.3 is 10.3 Å². The molecule has 0 bridgehead atoms. The fourth-order valence-electron chi connectivity index (χ4n) is 2.31. The van der Waals surface area contributed by atoms with Crippen molar-refractivity contribution in [3.8, 4) is 0 Å². The predicted octanol–water partition coefficient (Wildman–Crippen LogP) is 2.48. The van der Waals surface area contributed by atoms with E-state index in [1.807, 2.05) is 24.3 Å². The summed E-state index contributed by atoms with van der Waals surface area (Å²) in [4.78, 5) is 31.2. The first-order valence-electron chi connectivity index (χ1n) is 6.50. The number of nitrogens with zero attached hydrogens (tertiary/aromatic N) is 1. The van der Waals surface area contributed by atoms with Crippen molar-refractivity contribution in [1.82, 2.24) is 9.97 Å². The van der Waals surface area contributed by atoms with Crippen LogP contribution in [-0.4, -0.2) is 15.9 Å². The Hall–Kier alpha value is -2.95. The lowest BCUT2D eigenvalue weighted by atomic mass is 10.0. The van der Waals surface area contributed by atoms with Crippen molar-refractivity contribution in [2.75, 3.05) is 5.32 Å². The second-order valence-corrected chi connectivity index (χ2v) is 4.70.